The smallest absolute Gasteiger partial charge is 0.158 e. The minimum Gasteiger partial charge on any atom is -0.370 e. The average molecular weight is 266 g/mol. The second-order valence-corrected chi connectivity index (χ2v) is 5.06. The van der Waals surface area contributed by atoms with E-state index in [0.29, 0.717) is 0 Å². The number of hydrogen-bond acceptors (Lipinski definition) is 5. The highest BCUT2D eigenvalue weighted by Crippen LogP contribution is 2.32. The number of rotatable bonds is 2. The van der Waals surface area contributed by atoms with Crippen molar-refractivity contribution >= 4 is 16.7 Å². The van der Waals surface area contributed by atoms with Gasteiger partial charge in [-0.25, -0.2) is 4.63 Å². The van der Waals surface area contributed by atoms with E-state index in [2.05, 4.69) is 32.3 Å². The lowest BCUT2D eigenvalue weighted by Crippen LogP contribution is -2.18. The topological polar surface area (TPSA) is 55.1 Å². The van der Waals surface area contributed by atoms with Crippen LogP contribution in [0.4, 0.5) is 5.69 Å². The van der Waals surface area contributed by atoms with E-state index in [-0.39, 0.29) is 0 Å². The molecule has 5 nitrogen and oxygen atoms in total. The predicted molar refractivity (Wildman–Crippen MR) is 76.5 cm³/mol. The number of pyridine rings is 1. The van der Waals surface area contributed by atoms with E-state index in [0.717, 1.165) is 40.9 Å². The summed E-state index contributed by atoms with van der Waals surface area (Å²) in [5.74, 6) is 0. The van der Waals surface area contributed by atoms with Gasteiger partial charge in [0.25, 0.3) is 0 Å². The molecule has 1 aliphatic rings. The number of anilines is 1. The molecule has 100 valence electrons. The van der Waals surface area contributed by atoms with Crippen LogP contribution in [-0.4, -0.2) is 28.4 Å². The number of fused-ring (bicyclic) bond motifs is 1. The number of hydrogen-bond donors (Lipinski definition) is 0. The van der Waals surface area contributed by atoms with E-state index in [1.807, 2.05) is 18.3 Å². The van der Waals surface area contributed by atoms with Gasteiger partial charge in [0.1, 0.15) is 5.52 Å². The molecule has 4 rings (SSSR count). The Morgan fingerprint density at radius 2 is 1.95 bits per heavy atom. The fourth-order valence-corrected chi connectivity index (χ4v) is 2.77. The molecule has 0 radical (unpaired) electrons. The summed E-state index contributed by atoms with van der Waals surface area (Å²) in [6, 6.07) is 8.16. The van der Waals surface area contributed by atoms with E-state index in [1.54, 1.807) is 6.20 Å². The number of benzene rings is 1. The first-order chi connectivity index (χ1) is 9.92. The molecular weight excluding hydrogens is 252 g/mol. The fourth-order valence-electron chi connectivity index (χ4n) is 2.77. The molecule has 1 aliphatic heterocycles. The molecule has 3 aromatic rings. The Kier molecular flexibility index (Phi) is 2.62. The summed E-state index contributed by atoms with van der Waals surface area (Å²) in [4.78, 5) is 6.54. The molecule has 2 aromatic heterocycles. The third-order valence-corrected chi connectivity index (χ3v) is 3.78. The summed E-state index contributed by atoms with van der Waals surface area (Å²) < 4.78 is 4.91. The van der Waals surface area contributed by atoms with Crippen LogP contribution in [-0.2, 0) is 0 Å². The monoisotopic (exact) mass is 266 g/mol. The van der Waals surface area contributed by atoms with Crippen LogP contribution in [0.2, 0.25) is 0 Å². The van der Waals surface area contributed by atoms with Crippen LogP contribution in [0.25, 0.3) is 22.2 Å². The fraction of sp³-hybridized carbons (Fsp3) is 0.267. The van der Waals surface area contributed by atoms with Crippen LogP contribution in [0.15, 0.2) is 41.3 Å². The molecule has 1 aromatic carbocycles. The number of aromatic nitrogens is 3. The van der Waals surface area contributed by atoms with Crippen LogP contribution in [0.5, 0.6) is 0 Å². The Bertz CT molecular complexity index is 732. The third-order valence-electron chi connectivity index (χ3n) is 3.78. The van der Waals surface area contributed by atoms with Crippen molar-refractivity contribution < 1.29 is 4.63 Å². The zero-order chi connectivity index (χ0) is 13.4. The largest absolute Gasteiger partial charge is 0.370 e. The molecular formula is C15H14N4O. The van der Waals surface area contributed by atoms with Crippen LogP contribution in [0, 0.1) is 0 Å². The molecule has 0 atom stereocenters. The van der Waals surface area contributed by atoms with Crippen LogP contribution >= 0.6 is 0 Å². The quantitative estimate of drug-likeness (QED) is 0.714. The first kappa shape index (κ1) is 11.4. The van der Waals surface area contributed by atoms with E-state index in [9.17, 15) is 0 Å². The first-order valence-corrected chi connectivity index (χ1v) is 6.83. The van der Waals surface area contributed by atoms with Gasteiger partial charge in [0, 0.05) is 31.0 Å². The van der Waals surface area contributed by atoms with Gasteiger partial charge >= 0.3 is 0 Å². The molecule has 0 N–H and O–H groups in total. The molecule has 0 amide bonds. The summed E-state index contributed by atoms with van der Waals surface area (Å²) in [6.07, 6.45) is 6.09. The zero-order valence-corrected chi connectivity index (χ0v) is 11.0. The maximum absolute atomic E-state index is 4.91. The van der Waals surface area contributed by atoms with Crippen molar-refractivity contribution in [3.05, 3.63) is 36.7 Å². The summed E-state index contributed by atoms with van der Waals surface area (Å²) in [5.41, 5.74) is 4.94. The molecule has 0 bridgehead atoms. The lowest BCUT2D eigenvalue weighted by atomic mass is 10.1. The molecule has 0 spiro atoms. The molecule has 0 aliphatic carbocycles. The van der Waals surface area contributed by atoms with Gasteiger partial charge in [0.05, 0.1) is 5.69 Å². The second-order valence-electron chi connectivity index (χ2n) is 5.06. The summed E-state index contributed by atoms with van der Waals surface area (Å²) in [5, 5.41) is 8.06. The van der Waals surface area contributed by atoms with Crippen molar-refractivity contribution in [1.82, 2.24) is 15.3 Å². The summed E-state index contributed by atoms with van der Waals surface area (Å²) in [7, 11) is 0. The van der Waals surface area contributed by atoms with Gasteiger partial charge in [-0.15, -0.1) is 0 Å². The lowest BCUT2D eigenvalue weighted by molar-refractivity contribution is 0.315. The highest BCUT2D eigenvalue weighted by atomic mass is 16.6. The van der Waals surface area contributed by atoms with Gasteiger partial charge in [-0.1, -0.05) is 6.07 Å². The average Bonchev–Trinajstić information content (AvgIpc) is 3.18. The van der Waals surface area contributed by atoms with E-state index in [1.165, 1.54) is 12.8 Å². The van der Waals surface area contributed by atoms with Gasteiger partial charge in [0.15, 0.2) is 5.52 Å². The highest BCUT2D eigenvalue weighted by molar-refractivity contribution is 5.92. The molecule has 0 saturated carbocycles. The lowest BCUT2D eigenvalue weighted by Gasteiger charge is -2.18. The Morgan fingerprint density at radius 3 is 2.75 bits per heavy atom. The van der Waals surface area contributed by atoms with Gasteiger partial charge in [-0.05, 0) is 46.9 Å². The van der Waals surface area contributed by atoms with Crippen molar-refractivity contribution in [2.75, 3.05) is 18.0 Å². The van der Waals surface area contributed by atoms with E-state index < -0.39 is 0 Å². The van der Waals surface area contributed by atoms with Crippen molar-refractivity contribution in [1.29, 1.82) is 0 Å². The first-order valence-electron chi connectivity index (χ1n) is 6.83. The summed E-state index contributed by atoms with van der Waals surface area (Å²) >= 11 is 0. The van der Waals surface area contributed by atoms with E-state index in [4.69, 9.17) is 4.63 Å². The van der Waals surface area contributed by atoms with Gasteiger partial charge in [-0.2, -0.15) is 0 Å². The van der Waals surface area contributed by atoms with Crippen molar-refractivity contribution in [3.63, 3.8) is 0 Å². The molecule has 5 heteroatoms. The van der Waals surface area contributed by atoms with Gasteiger partial charge < -0.3 is 4.90 Å². The Hall–Kier alpha value is -2.43. The molecule has 1 fully saturated rings. The van der Waals surface area contributed by atoms with Crippen LogP contribution < -0.4 is 4.90 Å². The van der Waals surface area contributed by atoms with Gasteiger partial charge in [-0.3, -0.25) is 4.98 Å². The van der Waals surface area contributed by atoms with Crippen molar-refractivity contribution in [2.24, 2.45) is 0 Å². The zero-order valence-electron chi connectivity index (χ0n) is 11.0. The second kappa shape index (κ2) is 4.59. The maximum Gasteiger partial charge on any atom is 0.158 e. The van der Waals surface area contributed by atoms with Crippen LogP contribution in [0.3, 0.4) is 0 Å². The Balaban J connectivity index is 1.90. The van der Waals surface area contributed by atoms with E-state index >= 15 is 0 Å². The summed E-state index contributed by atoms with van der Waals surface area (Å²) in [6.45, 7) is 2.14. The highest BCUT2D eigenvalue weighted by Gasteiger charge is 2.19. The van der Waals surface area contributed by atoms with Crippen molar-refractivity contribution in [3.8, 4) is 11.1 Å². The Labute approximate surface area is 116 Å². The van der Waals surface area contributed by atoms with Crippen molar-refractivity contribution in [2.45, 2.75) is 12.8 Å². The normalized spacial score (nSPS) is 15.1. The molecule has 1 saturated heterocycles. The van der Waals surface area contributed by atoms with Crippen LogP contribution in [0.1, 0.15) is 12.8 Å². The molecule has 3 heterocycles. The van der Waals surface area contributed by atoms with Gasteiger partial charge in [0.2, 0.25) is 0 Å². The molecule has 20 heavy (non-hydrogen) atoms. The standard InChI is InChI=1S/C15H14N4O/c1-2-7-19(6-1)14-9-12(11-4-3-5-16-10-11)8-13-15(14)18-20-17-13/h3-5,8-10H,1-2,6-7H2. The maximum atomic E-state index is 4.91. The minimum absolute atomic E-state index is 0.799. The third kappa shape index (κ3) is 1.82. The number of nitrogens with zero attached hydrogens (tertiary/aromatic N) is 4. The minimum atomic E-state index is 0.799. The Morgan fingerprint density at radius 1 is 1.05 bits per heavy atom. The SMILES string of the molecule is c1cncc(-c2cc(N3CCCC3)c3nonc3c2)c1. The molecule has 0 unspecified atom stereocenters. The predicted octanol–water partition coefficient (Wildman–Crippen LogP) is 2.89.